The Kier molecular flexibility index (Phi) is 6.55. The van der Waals surface area contributed by atoms with Crippen molar-refractivity contribution in [1.82, 2.24) is 20.2 Å². The van der Waals surface area contributed by atoms with Gasteiger partial charge < -0.3 is 19.9 Å². The maximum atomic E-state index is 15.3. The van der Waals surface area contributed by atoms with E-state index in [1.54, 1.807) is 35.4 Å². The van der Waals surface area contributed by atoms with Gasteiger partial charge in [-0.25, -0.2) is 9.78 Å². The average Bonchev–Trinajstić information content (AvgIpc) is 3.59. The number of alkyl carbamates (subject to hydrolysis) is 1. The van der Waals surface area contributed by atoms with Crippen molar-refractivity contribution in [3.63, 3.8) is 0 Å². The van der Waals surface area contributed by atoms with Gasteiger partial charge in [-0.2, -0.15) is 8.78 Å². The number of fused-ring (bicyclic) bond motifs is 3. The van der Waals surface area contributed by atoms with E-state index in [1.807, 2.05) is 13.8 Å². The standard InChI is InChI=1S/C27H27BrF2N4O3/c1-14(2)23(33-26(36)37-3)25(35)34-10-4-5-22(34)24-31-13-21(32-24)15-6-8-17-18-9-7-16(28)12-20(18)27(29,30)19(17)11-15/h6-9,11-14,22-23H,4-5,10H2,1-3H3,(H,31,32)(H,33,36). The minimum atomic E-state index is -3.11. The first-order chi connectivity index (χ1) is 17.6. The van der Waals surface area contributed by atoms with Crippen molar-refractivity contribution in [3.05, 3.63) is 64.0 Å². The molecule has 0 radical (unpaired) electrons. The van der Waals surface area contributed by atoms with E-state index < -0.39 is 18.1 Å². The van der Waals surface area contributed by atoms with Crippen molar-refractivity contribution < 1.29 is 23.1 Å². The quantitative estimate of drug-likeness (QED) is 0.392. The predicted molar refractivity (Wildman–Crippen MR) is 138 cm³/mol. The number of H-pyrrole nitrogens is 1. The lowest BCUT2D eigenvalue weighted by molar-refractivity contribution is -0.135. The zero-order chi connectivity index (χ0) is 26.5. The second kappa shape index (κ2) is 9.55. The summed E-state index contributed by atoms with van der Waals surface area (Å²) in [6.07, 6.45) is 2.44. The molecule has 10 heteroatoms. The van der Waals surface area contributed by atoms with E-state index in [1.165, 1.54) is 19.2 Å². The van der Waals surface area contributed by atoms with Crippen molar-refractivity contribution in [3.8, 4) is 22.4 Å². The first kappa shape index (κ1) is 25.4. The fraction of sp³-hybridized carbons (Fsp3) is 0.370. The third-order valence-electron chi connectivity index (χ3n) is 7.12. The van der Waals surface area contributed by atoms with E-state index in [9.17, 15) is 9.59 Å². The lowest BCUT2D eigenvalue weighted by Gasteiger charge is -2.30. The number of aromatic nitrogens is 2. The molecule has 1 aliphatic carbocycles. The van der Waals surface area contributed by atoms with Crippen LogP contribution in [0.1, 0.15) is 49.7 Å². The van der Waals surface area contributed by atoms with E-state index in [4.69, 9.17) is 0 Å². The summed E-state index contributed by atoms with van der Waals surface area (Å²) in [5.74, 6) is -2.87. The average molecular weight is 573 g/mol. The zero-order valence-corrected chi connectivity index (χ0v) is 22.2. The molecule has 2 amide bonds. The predicted octanol–water partition coefficient (Wildman–Crippen LogP) is 6.00. The van der Waals surface area contributed by atoms with Crippen molar-refractivity contribution in [2.45, 2.75) is 44.7 Å². The molecule has 7 nitrogen and oxygen atoms in total. The van der Waals surface area contributed by atoms with Crippen molar-refractivity contribution in [1.29, 1.82) is 0 Å². The molecule has 2 aromatic carbocycles. The maximum Gasteiger partial charge on any atom is 0.407 e. The van der Waals surface area contributed by atoms with Crippen LogP contribution < -0.4 is 5.32 Å². The number of hydrogen-bond acceptors (Lipinski definition) is 4. The van der Waals surface area contributed by atoms with Gasteiger partial charge >= 0.3 is 6.09 Å². The summed E-state index contributed by atoms with van der Waals surface area (Å²) in [4.78, 5) is 34.6. The van der Waals surface area contributed by atoms with Crippen molar-refractivity contribution in [2.75, 3.05) is 13.7 Å². The summed E-state index contributed by atoms with van der Waals surface area (Å²) in [5.41, 5.74) is 2.17. The summed E-state index contributed by atoms with van der Waals surface area (Å²) in [5, 5.41) is 2.63. The first-order valence-corrected chi connectivity index (χ1v) is 12.9. The van der Waals surface area contributed by atoms with Crippen molar-refractivity contribution >= 4 is 27.9 Å². The molecule has 0 spiro atoms. The number of imidazole rings is 1. The molecule has 1 fully saturated rings. The topological polar surface area (TPSA) is 87.3 Å². The number of nitrogens with zero attached hydrogens (tertiary/aromatic N) is 2. The molecule has 3 aromatic rings. The lowest BCUT2D eigenvalue weighted by atomic mass is 10.0. The highest BCUT2D eigenvalue weighted by Gasteiger charge is 2.44. The third kappa shape index (κ3) is 4.41. The third-order valence-corrected chi connectivity index (χ3v) is 7.61. The van der Waals surface area contributed by atoms with Gasteiger partial charge in [0.05, 0.1) is 25.0 Å². The number of methoxy groups -OCH3 is 1. The fourth-order valence-electron chi connectivity index (χ4n) is 5.21. The molecule has 2 atom stereocenters. The zero-order valence-electron chi connectivity index (χ0n) is 20.6. The Morgan fingerprint density at radius 3 is 2.59 bits per heavy atom. The van der Waals surface area contributed by atoms with Crippen LogP contribution in [0.3, 0.4) is 0 Å². The van der Waals surface area contributed by atoms with Crippen LogP contribution in [-0.2, 0) is 15.5 Å². The Labute approximate surface area is 221 Å². The molecule has 0 saturated carbocycles. The van der Waals surface area contributed by atoms with Crippen LogP contribution >= 0.6 is 15.9 Å². The molecule has 1 aliphatic heterocycles. The summed E-state index contributed by atoms with van der Waals surface area (Å²) in [7, 11) is 1.26. The molecular formula is C27H27BrF2N4O3. The minimum absolute atomic E-state index is 0.0142. The number of amides is 2. The van der Waals surface area contributed by atoms with Crippen LogP contribution in [0.4, 0.5) is 13.6 Å². The molecule has 2 aliphatic rings. The number of halogens is 3. The van der Waals surface area contributed by atoms with Gasteiger partial charge in [0.25, 0.3) is 5.92 Å². The summed E-state index contributed by atoms with van der Waals surface area (Å²) in [6.45, 7) is 4.24. The summed E-state index contributed by atoms with van der Waals surface area (Å²) < 4.78 is 35.9. The Morgan fingerprint density at radius 1 is 1.19 bits per heavy atom. The van der Waals surface area contributed by atoms with Gasteiger partial charge in [-0.1, -0.05) is 48.0 Å². The second-order valence-electron chi connectivity index (χ2n) is 9.75. The monoisotopic (exact) mass is 572 g/mol. The number of nitrogens with one attached hydrogen (secondary N) is 2. The van der Waals surface area contributed by atoms with Crippen LogP contribution in [0.2, 0.25) is 0 Å². The van der Waals surface area contributed by atoms with E-state index in [0.29, 0.717) is 45.6 Å². The fourth-order valence-corrected chi connectivity index (χ4v) is 5.57. The largest absolute Gasteiger partial charge is 0.453 e. The van der Waals surface area contributed by atoms with E-state index in [-0.39, 0.29) is 29.0 Å². The number of carbonyl (C=O) groups is 2. The van der Waals surface area contributed by atoms with Crippen LogP contribution in [0, 0.1) is 5.92 Å². The Bertz CT molecular complexity index is 1370. The molecule has 0 bridgehead atoms. The number of alkyl halides is 2. The number of hydrogen-bond donors (Lipinski definition) is 2. The highest BCUT2D eigenvalue weighted by Crippen LogP contribution is 2.52. The Morgan fingerprint density at radius 2 is 1.89 bits per heavy atom. The van der Waals surface area contributed by atoms with Gasteiger partial charge in [-0.15, -0.1) is 0 Å². The first-order valence-electron chi connectivity index (χ1n) is 12.1. The number of rotatable bonds is 5. The van der Waals surface area contributed by atoms with Gasteiger partial charge in [-0.05, 0) is 48.1 Å². The number of carbonyl (C=O) groups excluding carboxylic acids is 2. The molecule has 2 unspecified atom stereocenters. The molecule has 37 heavy (non-hydrogen) atoms. The van der Waals surface area contributed by atoms with Gasteiger partial charge in [0, 0.05) is 27.7 Å². The number of aromatic amines is 1. The Hall–Kier alpha value is -3.27. The second-order valence-corrected chi connectivity index (χ2v) is 10.7. The highest BCUT2D eigenvalue weighted by molar-refractivity contribution is 9.10. The van der Waals surface area contributed by atoms with E-state index >= 15 is 8.78 Å². The molecule has 5 rings (SSSR count). The van der Waals surface area contributed by atoms with Gasteiger partial charge in [0.15, 0.2) is 0 Å². The van der Waals surface area contributed by atoms with Gasteiger partial charge in [0.2, 0.25) is 5.91 Å². The number of likely N-dealkylation sites (tertiary alicyclic amines) is 1. The minimum Gasteiger partial charge on any atom is -0.453 e. The van der Waals surface area contributed by atoms with Crippen molar-refractivity contribution in [2.24, 2.45) is 5.92 Å². The van der Waals surface area contributed by atoms with Crippen LogP contribution in [0.15, 0.2) is 47.1 Å². The Balaban J connectivity index is 1.41. The lowest BCUT2D eigenvalue weighted by Crippen LogP contribution is -2.51. The molecule has 194 valence electrons. The maximum absolute atomic E-state index is 15.3. The van der Waals surface area contributed by atoms with E-state index in [2.05, 4.69) is 36.0 Å². The van der Waals surface area contributed by atoms with E-state index in [0.717, 1.165) is 6.42 Å². The molecule has 2 N–H and O–H groups in total. The SMILES string of the molecule is COC(=O)NC(C(=O)N1CCCC1c1ncc(-c2ccc3c(c2)C(F)(F)c2cc(Br)ccc2-3)[nH]1)C(C)C. The van der Waals surface area contributed by atoms with Crippen LogP contribution in [0.25, 0.3) is 22.4 Å². The van der Waals surface area contributed by atoms with Crippen LogP contribution in [-0.4, -0.2) is 46.6 Å². The summed E-state index contributed by atoms with van der Waals surface area (Å²) in [6, 6.07) is 8.92. The highest BCUT2D eigenvalue weighted by atomic mass is 79.9. The molecular weight excluding hydrogens is 546 g/mol. The molecule has 1 aromatic heterocycles. The number of benzene rings is 2. The van der Waals surface area contributed by atoms with Gasteiger partial charge in [0.1, 0.15) is 11.9 Å². The van der Waals surface area contributed by atoms with Gasteiger partial charge in [-0.3, -0.25) is 4.79 Å². The summed E-state index contributed by atoms with van der Waals surface area (Å²) >= 11 is 3.29. The normalized spacial score (nSPS) is 18.5. The van der Waals surface area contributed by atoms with Crippen LogP contribution in [0.5, 0.6) is 0 Å². The molecule has 2 heterocycles. The molecule has 1 saturated heterocycles. The smallest absolute Gasteiger partial charge is 0.407 e. The number of ether oxygens (including phenoxy) is 1.